The summed E-state index contributed by atoms with van der Waals surface area (Å²) in [5.74, 6) is 0.951. The summed E-state index contributed by atoms with van der Waals surface area (Å²) in [6.07, 6.45) is 9.51. The maximum absolute atomic E-state index is 4.95. The second kappa shape index (κ2) is 12.1. The SMILES string of the molecule is CCNC(=NCc1cccc(N2CC=CC2)c1)NC1CC2CCC(C1)N2Cc1ccccc1.I. The molecule has 3 aliphatic rings. The Labute approximate surface area is 221 Å². The Morgan fingerprint density at radius 3 is 2.35 bits per heavy atom. The van der Waals surface area contributed by atoms with Crippen LogP contribution in [0.25, 0.3) is 0 Å². The Bertz CT molecular complexity index is 954. The Balaban J connectivity index is 0.00000274. The molecule has 34 heavy (non-hydrogen) atoms. The predicted octanol–water partition coefficient (Wildman–Crippen LogP) is 4.93. The van der Waals surface area contributed by atoms with Crippen molar-refractivity contribution >= 4 is 35.6 Å². The maximum atomic E-state index is 4.95. The van der Waals surface area contributed by atoms with Crippen molar-refractivity contribution in [1.29, 1.82) is 0 Å². The van der Waals surface area contributed by atoms with Crippen LogP contribution in [0.1, 0.15) is 43.7 Å². The molecule has 2 N–H and O–H groups in total. The standard InChI is InChI=1S/C28H37N5.HI/c1-2-29-28(30-20-23-11-8-12-25(17-23)32-15-6-7-16-32)31-24-18-26-13-14-27(19-24)33(26)21-22-9-4-3-5-10-22;/h3-12,17,24,26-27H,2,13-16,18-21H2,1H3,(H2,29,30,31);1H. The van der Waals surface area contributed by atoms with Crippen molar-refractivity contribution in [2.24, 2.45) is 4.99 Å². The molecule has 6 heteroatoms. The highest BCUT2D eigenvalue weighted by molar-refractivity contribution is 14.0. The van der Waals surface area contributed by atoms with Crippen LogP contribution < -0.4 is 15.5 Å². The molecule has 0 saturated carbocycles. The summed E-state index contributed by atoms with van der Waals surface area (Å²) in [6, 6.07) is 21.6. The van der Waals surface area contributed by atoms with Gasteiger partial charge < -0.3 is 15.5 Å². The van der Waals surface area contributed by atoms with E-state index in [9.17, 15) is 0 Å². The number of rotatable bonds is 7. The molecular formula is C28H38IN5. The quantitative estimate of drug-likeness (QED) is 0.214. The number of anilines is 1. The van der Waals surface area contributed by atoms with E-state index in [0.29, 0.717) is 24.7 Å². The predicted molar refractivity (Wildman–Crippen MR) is 153 cm³/mol. The minimum Gasteiger partial charge on any atom is -0.364 e. The molecule has 0 spiro atoms. The minimum absolute atomic E-state index is 0. The number of hydrogen-bond donors (Lipinski definition) is 2. The van der Waals surface area contributed by atoms with E-state index in [1.807, 2.05) is 0 Å². The third-order valence-corrected chi connectivity index (χ3v) is 7.29. The van der Waals surface area contributed by atoms with Crippen molar-refractivity contribution in [3.63, 3.8) is 0 Å². The Morgan fingerprint density at radius 1 is 0.941 bits per heavy atom. The largest absolute Gasteiger partial charge is 0.364 e. The Hall–Kier alpha value is -2.06. The van der Waals surface area contributed by atoms with Crippen molar-refractivity contribution < 1.29 is 0 Å². The Morgan fingerprint density at radius 2 is 1.65 bits per heavy atom. The lowest BCUT2D eigenvalue weighted by Crippen LogP contribution is -2.52. The number of aliphatic imine (C=N–C) groups is 1. The molecular weight excluding hydrogens is 533 g/mol. The van der Waals surface area contributed by atoms with Gasteiger partial charge in [-0.25, -0.2) is 4.99 Å². The summed E-state index contributed by atoms with van der Waals surface area (Å²) in [5, 5.41) is 7.25. The minimum atomic E-state index is 0. The Kier molecular flexibility index (Phi) is 8.89. The molecule has 3 aliphatic heterocycles. The van der Waals surface area contributed by atoms with Crippen LogP contribution in [0.3, 0.4) is 0 Å². The average molecular weight is 572 g/mol. The lowest BCUT2D eigenvalue weighted by molar-refractivity contribution is 0.114. The first kappa shape index (κ1) is 25.0. The number of fused-ring (bicyclic) bond motifs is 2. The normalized spacial score (nSPS) is 24.2. The molecule has 2 aromatic carbocycles. The third-order valence-electron chi connectivity index (χ3n) is 7.29. The molecule has 2 aromatic rings. The summed E-state index contributed by atoms with van der Waals surface area (Å²) in [4.78, 5) is 10.1. The lowest BCUT2D eigenvalue weighted by atomic mass is 9.96. The van der Waals surface area contributed by atoms with Gasteiger partial charge in [-0.15, -0.1) is 24.0 Å². The van der Waals surface area contributed by atoms with Gasteiger partial charge >= 0.3 is 0 Å². The molecule has 2 saturated heterocycles. The first-order valence-corrected chi connectivity index (χ1v) is 12.6. The second-order valence-electron chi connectivity index (χ2n) is 9.60. The molecule has 0 aliphatic carbocycles. The number of hydrogen-bond acceptors (Lipinski definition) is 3. The van der Waals surface area contributed by atoms with Crippen molar-refractivity contribution in [3.8, 4) is 0 Å². The number of nitrogens with zero attached hydrogens (tertiary/aromatic N) is 3. The van der Waals surface area contributed by atoms with Gasteiger partial charge in [-0.2, -0.15) is 0 Å². The third kappa shape index (κ3) is 6.13. The first-order chi connectivity index (χ1) is 16.3. The van der Waals surface area contributed by atoms with Gasteiger partial charge in [0.25, 0.3) is 0 Å². The van der Waals surface area contributed by atoms with E-state index in [-0.39, 0.29) is 24.0 Å². The van der Waals surface area contributed by atoms with Crippen molar-refractivity contribution in [1.82, 2.24) is 15.5 Å². The van der Waals surface area contributed by atoms with Gasteiger partial charge in [0.2, 0.25) is 0 Å². The first-order valence-electron chi connectivity index (χ1n) is 12.6. The molecule has 2 bridgehead atoms. The summed E-state index contributed by atoms with van der Waals surface area (Å²) in [5.41, 5.74) is 3.98. The van der Waals surface area contributed by atoms with E-state index in [1.165, 1.54) is 42.5 Å². The number of nitrogens with one attached hydrogen (secondary N) is 2. The fourth-order valence-electron chi connectivity index (χ4n) is 5.67. The van der Waals surface area contributed by atoms with Gasteiger partial charge in [0.1, 0.15) is 0 Å². The molecule has 5 nitrogen and oxygen atoms in total. The van der Waals surface area contributed by atoms with Gasteiger partial charge in [-0.05, 0) is 55.9 Å². The molecule has 0 radical (unpaired) electrons. The van der Waals surface area contributed by atoms with Gasteiger partial charge in [0.05, 0.1) is 6.54 Å². The number of halogens is 1. The van der Waals surface area contributed by atoms with Crippen LogP contribution in [0, 0.1) is 0 Å². The van der Waals surface area contributed by atoms with Gasteiger partial charge in [0.15, 0.2) is 5.96 Å². The summed E-state index contributed by atoms with van der Waals surface area (Å²) in [6.45, 7) is 6.81. The molecule has 0 aromatic heterocycles. The lowest BCUT2D eigenvalue weighted by Gasteiger charge is -2.39. The topological polar surface area (TPSA) is 42.9 Å². The van der Waals surface area contributed by atoms with Crippen molar-refractivity contribution in [2.45, 2.75) is 63.8 Å². The zero-order valence-corrected chi connectivity index (χ0v) is 22.5. The van der Waals surface area contributed by atoms with E-state index in [2.05, 4.69) is 94.1 Å². The van der Waals surface area contributed by atoms with Crippen LogP contribution in [0.4, 0.5) is 5.69 Å². The van der Waals surface area contributed by atoms with Crippen LogP contribution in [-0.2, 0) is 13.1 Å². The molecule has 2 atom stereocenters. The van der Waals surface area contributed by atoms with Crippen LogP contribution >= 0.6 is 24.0 Å². The van der Waals surface area contributed by atoms with Gasteiger partial charge in [-0.1, -0.05) is 54.6 Å². The molecule has 3 heterocycles. The fraction of sp³-hybridized carbons (Fsp3) is 0.464. The fourth-order valence-corrected chi connectivity index (χ4v) is 5.67. The van der Waals surface area contributed by atoms with Gasteiger partial charge in [-0.3, -0.25) is 4.90 Å². The van der Waals surface area contributed by atoms with Crippen LogP contribution in [-0.4, -0.2) is 48.6 Å². The summed E-state index contributed by atoms with van der Waals surface area (Å²) in [7, 11) is 0. The molecule has 182 valence electrons. The zero-order chi connectivity index (χ0) is 22.5. The zero-order valence-electron chi connectivity index (χ0n) is 20.2. The van der Waals surface area contributed by atoms with Crippen molar-refractivity contribution in [3.05, 3.63) is 77.9 Å². The van der Waals surface area contributed by atoms with E-state index < -0.39 is 0 Å². The monoisotopic (exact) mass is 571 g/mol. The highest BCUT2D eigenvalue weighted by Gasteiger charge is 2.40. The van der Waals surface area contributed by atoms with Crippen LogP contribution in [0.15, 0.2) is 71.7 Å². The molecule has 2 fully saturated rings. The maximum Gasteiger partial charge on any atom is 0.191 e. The van der Waals surface area contributed by atoms with E-state index in [4.69, 9.17) is 4.99 Å². The molecule has 2 unspecified atom stereocenters. The van der Waals surface area contributed by atoms with Crippen LogP contribution in [0.5, 0.6) is 0 Å². The van der Waals surface area contributed by atoms with Crippen LogP contribution in [0.2, 0.25) is 0 Å². The average Bonchev–Trinajstić information content (AvgIpc) is 3.45. The smallest absolute Gasteiger partial charge is 0.191 e. The summed E-state index contributed by atoms with van der Waals surface area (Å²) >= 11 is 0. The summed E-state index contributed by atoms with van der Waals surface area (Å²) < 4.78 is 0. The molecule has 0 amide bonds. The number of benzene rings is 2. The number of piperidine rings is 1. The van der Waals surface area contributed by atoms with E-state index in [0.717, 1.165) is 32.1 Å². The van der Waals surface area contributed by atoms with Crippen molar-refractivity contribution in [2.75, 3.05) is 24.5 Å². The number of guanidine groups is 1. The van der Waals surface area contributed by atoms with E-state index >= 15 is 0 Å². The highest BCUT2D eigenvalue weighted by Crippen LogP contribution is 2.36. The molecule has 5 rings (SSSR count). The van der Waals surface area contributed by atoms with E-state index in [1.54, 1.807) is 0 Å². The highest BCUT2D eigenvalue weighted by atomic mass is 127. The second-order valence-corrected chi connectivity index (χ2v) is 9.60. The van der Waals surface area contributed by atoms with Gasteiger partial charge in [0, 0.05) is 50.0 Å².